The van der Waals surface area contributed by atoms with Gasteiger partial charge in [-0.2, -0.15) is 0 Å². The van der Waals surface area contributed by atoms with E-state index in [4.69, 9.17) is 4.74 Å². The third-order valence-electron chi connectivity index (χ3n) is 4.13. The normalized spacial score (nSPS) is 24.1. The fourth-order valence-electron chi connectivity index (χ4n) is 2.65. The Kier molecular flexibility index (Phi) is 4.10. The molecule has 0 radical (unpaired) electrons. The second kappa shape index (κ2) is 5.84. The van der Waals surface area contributed by atoms with Gasteiger partial charge in [0.2, 0.25) is 5.91 Å². The Bertz CT molecular complexity index is 496. The van der Waals surface area contributed by atoms with Gasteiger partial charge >= 0.3 is 0 Å². The largest absolute Gasteiger partial charge is 0.378 e. The van der Waals surface area contributed by atoms with Crippen LogP contribution in [0.4, 0.5) is 0 Å². The minimum Gasteiger partial charge on any atom is -0.378 e. The quantitative estimate of drug-likeness (QED) is 0.876. The second-order valence-electron chi connectivity index (χ2n) is 5.59. The van der Waals surface area contributed by atoms with Gasteiger partial charge in [-0.25, -0.2) is 0 Å². The highest BCUT2D eigenvalue weighted by Gasteiger charge is 2.44. The number of hydrogen-bond acceptors (Lipinski definition) is 3. The van der Waals surface area contributed by atoms with Crippen LogP contribution in [0.25, 0.3) is 0 Å². The number of morpholine rings is 1. The first-order chi connectivity index (χ1) is 9.70. The smallest absolute Gasteiger partial charge is 0.239 e. The van der Waals surface area contributed by atoms with Crippen LogP contribution in [0, 0.1) is 0 Å². The number of hydrogen-bond donors (Lipinski definition) is 2. The Labute approximate surface area is 127 Å². The van der Waals surface area contributed by atoms with Crippen LogP contribution in [-0.2, 0) is 14.9 Å². The van der Waals surface area contributed by atoms with E-state index in [0.29, 0.717) is 19.8 Å². The van der Waals surface area contributed by atoms with E-state index in [1.54, 1.807) is 0 Å². The van der Waals surface area contributed by atoms with E-state index in [2.05, 4.69) is 44.8 Å². The van der Waals surface area contributed by atoms with Crippen LogP contribution in [-0.4, -0.2) is 38.3 Å². The standard InChI is InChI=1S/C15H19BrN2O2/c16-12-3-1-2-11(8-12)15(4-5-15)10-18-14(19)13-9-20-7-6-17-13/h1-3,8,13,17H,4-7,9-10H2,(H,18,19). The zero-order chi connectivity index (χ0) is 14.0. The molecule has 1 unspecified atom stereocenters. The highest BCUT2D eigenvalue weighted by molar-refractivity contribution is 9.10. The summed E-state index contributed by atoms with van der Waals surface area (Å²) in [6.07, 6.45) is 2.27. The van der Waals surface area contributed by atoms with Gasteiger partial charge in [0, 0.05) is 23.0 Å². The summed E-state index contributed by atoms with van der Waals surface area (Å²) in [4.78, 5) is 12.1. The van der Waals surface area contributed by atoms with Crippen LogP contribution >= 0.6 is 15.9 Å². The fourth-order valence-corrected chi connectivity index (χ4v) is 3.05. The molecule has 5 heteroatoms. The van der Waals surface area contributed by atoms with Crippen LogP contribution in [0.15, 0.2) is 28.7 Å². The van der Waals surface area contributed by atoms with E-state index in [-0.39, 0.29) is 17.4 Å². The Morgan fingerprint density at radius 3 is 3.00 bits per heavy atom. The lowest BCUT2D eigenvalue weighted by Gasteiger charge is -2.24. The molecule has 2 N–H and O–H groups in total. The molecule has 1 aliphatic carbocycles. The molecule has 2 fully saturated rings. The van der Waals surface area contributed by atoms with Gasteiger partial charge in [-0.3, -0.25) is 4.79 Å². The minimum absolute atomic E-state index is 0.0472. The Morgan fingerprint density at radius 1 is 1.50 bits per heavy atom. The summed E-state index contributed by atoms with van der Waals surface area (Å²) in [6.45, 7) is 2.61. The van der Waals surface area contributed by atoms with Crippen LogP contribution in [0.5, 0.6) is 0 Å². The van der Waals surface area contributed by atoms with Gasteiger partial charge in [-0.1, -0.05) is 28.1 Å². The fraction of sp³-hybridized carbons (Fsp3) is 0.533. The van der Waals surface area contributed by atoms with Crippen LogP contribution in [0.2, 0.25) is 0 Å². The minimum atomic E-state index is -0.206. The number of ether oxygens (including phenoxy) is 1. The lowest BCUT2D eigenvalue weighted by atomic mass is 9.96. The Balaban J connectivity index is 1.59. The predicted molar refractivity (Wildman–Crippen MR) is 80.7 cm³/mol. The van der Waals surface area contributed by atoms with E-state index < -0.39 is 0 Å². The van der Waals surface area contributed by atoms with Gasteiger partial charge < -0.3 is 15.4 Å². The molecule has 2 aliphatic rings. The molecular formula is C15H19BrN2O2. The van der Waals surface area contributed by atoms with Crippen molar-refractivity contribution >= 4 is 21.8 Å². The van der Waals surface area contributed by atoms with E-state index in [0.717, 1.165) is 23.9 Å². The SMILES string of the molecule is O=C(NCC1(c2cccc(Br)c2)CC1)C1COCCN1. The second-order valence-corrected chi connectivity index (χ2v) is 6.51. The van der Waals surface area contributed by atoms with Gasteiger partial charge in [0.25, 0.3) is 0 Å². The summed E-state index contributed by atoms with van der Waals surface area (Å²) in [5.41, 5.74) is 1.44. The Hall–Kier alpha value is -0.910. The highest BCUT2D eigenvalue weighted by Crippen LogP contribution is 2.48. The van der Waals surface area contributed by atoms with Crippen molar-refractivity contribution in [1.82, 2.24) is 10.6 Å². The molecule has 1 saturated carbocycles. The van der Waals surface area contributed by atoms with E-state index in [1.165, 1.54) is 5.56 Å². The molecule has 0 spiro atoms. The first-order valence-corrected chi connectivity index (χ1v) is 7.84. The van der Waals surface area contributed by atoms with Crippen molar-refractivity contribution in [2.75, 3.05) is 26.3 Å². The molecule has 1 aromatic rings. The number of halogens is 1. The third kappa shape index (κ3) is 3.05. The van der Waals surface area contributed by atoms with Crippen LogP contribution < -0.4 is 10.6 Å². The summed E-state index contributed by atoms with van der Waals surface area (Å²) >= 11 is 3.51. The Morgan fingerprint density at radius 2 is 2.35 bits per heavy atom. The highest BCUT2D eigenvalue weighted by atomic mass is 79.9. The summed E-state index contributed by atoms with van der Waals surface area (Å²) in [5, 5.41) is 6.26. The summed E-state index contributed by atoms with van der Waals surface area (Å²) in [7, 11) is 0. The number of nitrogens with one attached hydrogen (secondary N) is 2. The molecule has 1 aliphatic heterocycles. The molecule has 1 amide bonds. The molecule has 108 valence electrons. The van der Waals surface area contributed by atoms with Gasteiger partial charge in [0.05, 0.1) is 13.2 Å². The first-order valence-electron chi connectivity index (χ1n) is 7.05. The first kappa shape index (κ1) is 14.0. The van der Waals surface area contributed by atoms with Crippen molar-refractivity contribution in [1.29, 1.82) is 0 Å². The zero-order valence-corrected chi connectivity index (χ0v) is 12.9. The topological polar surface area (TPSA) is 50.4 Å². The maximum atomic E-state index is 12.1. The molecule has 1 saturated heterocycles. The summed E-state index contributed by atoms with van der Waals surface area (Å²) in [6, 6.07) is 8.17. The average Bonchev–Trinajstić information content (AvgIpc) is 3.27. The number of amides is 1. The lowest BCUT2D eigenvalue weighted by molar-refractivity contribution is -0.126. The van der Waals surface area contributed by atoms with Crippen molar-refractivity contribution in [2.24, 2.45) is 0 Å². The van der Waals surface area contributed by atoms with Crippen molar-refractivity contribution in [2.45, 2.75) is 24.3 Å². The third-order valence-corrected chi connectivity index (χ3v) is 4.62. The molecule has 0 bridgehead atoms. The van der Waals surface area contributed by atoms with Crippen molar-refractivity contribution in [3.63, 3.8) is 0 Å². The molecule has 0 aromatic heterocycles. The van der Waals surface area contributed by atoms with Gasteiger partial charge in [-0.05, 0) is 30.5 Å². The number of carbonyl (C=O) groups excluding carboxylic acids is 1. The van der Waals surface area contributed by atoms with Crippen LogP contribution in [0.3, 0.4) is 0 Å². The monoisotopic (exact) mass is 338 g/mol. The zero-order valence-electron chi connectivity index (χ0n) is 11.3. The molecule has 1 heterocycles. The molecular weight excluding hydrogens is 320 g/mol. The molecule has 4 nitrogen and oxygen atoms in total. The van der Waals surface area contributed by atoms with Crippen molar-refractivity contribution in [3.8, 4) is 0 Å². The van der Waals surface area contributed by atoms with Crippen LogP contribution in [0.1, 0.15) is 18.4 Å². The summed E-state index contributed by atoms with van der Waals surface area (Å²) in [5.74, 6) is 0.0472. The predicted octanol–water partition coefficient (Wildman–Crippen LogP) is 1.59. The van der Waals surface area contributed by atoms with Gasteiger partial charge in [-0.15, -0.1) is 0 Å². The maximum Gasteiger partial charge on any atom is 0.239 e. The molecule has 1 atom stereocenters. The maximum absolute atomic E-state index is 12.1. The molecule has 3 rings (SSSR count). The molecule has 20 heavy (non-hydrogen) atoms. The van der Waals surface area contributed by atoms with E-state index in [9.17, 15) is 4.79 Å². The van der Waals surface area contributed by atoms with Crippen molar-refractivity contribution in [3.05, 3.63) is 34.3 Å². The molecule has 1 aromatic carbocycles. The number of benzene rings is 1. The van der Waals surface area contributed by atoms with Gasteiger partial charge in [0.1, 0.15) is 6.04 Å². The number of rotatable bonds is 4. The van der Waals surface area contributed by atoms with E-state index >= 15 is 0 Å². The summed E-state index contributed by atoms with van der Waals surface area (Å²) < 4.78 is 6.41. The lowest BCUT2D eigenvalue weighted by Crippen LogP contribution is -2.52. The van der Waals surface area contributed by atoms with E-state index in [1.807, 2.05) is 6.07 Å². The average molecular weight is 339 g/mol. The number of carbonyl (C=O) groups is 1. The van der Waals surface area contributed by atoms with Gasteiger partial charge in [0.15, 0.2) is 0 Å². The van der Waals surface area contributed by atoms with Crippen molar-refractivity contribution < 1.29 is 9.53 Å².